The molecule has 2 aromatic rings. The number of alkyl halides is 3. The molecular formula is C17H18F3N3S. The number of benzene rings is 1. The number of nitrogens with two attached hydrogens (primary N) is 1. The van der Waals surface area contributed by atoms with Crippen LogP contribution >= 0.6 is 11.3 Å². The smallest absolute Gasteiger partial charge is 0.375 e. The molecule has 3 nitrogen and oxygen atoms in total. The van der Waals surface area contributed by atoms with E-state index in [1.807, 2.05) is 12.2 Å². The van der Waals surface area contributed by atoms with Crippen LogP contribution in [0.3, 0.4) is 0 Å². The standard InChI is InChI=1S/C17H18F3N3S/c18-17(19,20)13-5-3-12(4-6-13)2-1-9-23-10-7-14-15(8-11-23)24-16(21)22-14/h1-6H,7-11H2,(H2,21,22). The number of halogens is 3. The van der Waals surface area contributed by atoms with E-state index in [9.17, 15) is 13.2 Å². The van der Waals surface area contributed by atoms with Gasteiger partial charge in [-0.3, -0.25) is 4.90 Å². The molecule has 0 radical (unpaired) electrons. The normalized spacial score (nSPS) is 16.3. The summed E-state index contributed by atoms with van der Waals surface area (Å²) < 4.78 is 37.6. The molecule has 0 unspecified atom stereocenters. The van der Waals surface area contributed by atoms with Crippen LogP contribution in [0.2, 0.25) is 0 Å². The van der Waals surface area contributed by atoms with Crippen molar-refractivity contribution in [2.45, 2.75) is 19.0 Å². The lowest BCUT2D eigenvalue weighted by atomic mass is 10.1. The molecule has 0 spiro atoms. The maximum Gasteiger partial charge on any atom is 0.416 e. The van der Waals surface area contributed by atoms with Crippen molar-refractivity contribution >= 4 is 22.5 Å². The van der Waals surface area contributed by atoms with Crippen molar-refractivity contribution in [3.63, 3.8) is 0 Å². The summed E-state index contributed by atoms with van der Waals surface area (Å²) in [5.74, 6) is 0. The van der Waals surface area contributed by atoms with E-state index in [0.717, 1.165) is 55.9 Å². The molecule has 3 rings (SSSR count). The highest BCUT2D eigenvalue weighted by molar-refractivity contribution is 7.15. The van der Waals surface area contributed by atoms with Gasteiger partial charge in [0.05, 0.1) is 11.3 Å². The van der Waals surface area contributed by atoms with Crippen LogP contribution in [0, 0.1) is 0 Å². The Morgan fingerprint density at radius 2 is 1.88 bits per heavy atom. The third-order valence-electron chi connectivity index (χ3n) is 4.03. The Hall–Kier alpha value is -1.86. The van der Waals surface area contributed by atoms with E-state index < -0.39 is 11.7 Å². The van der Waals surface area contributed by atoms with Crippen LogP contribution in [0.5, 0.6) is 0 Å². The molecule has 0 amide bonds. The fraction of sp³-hybridized carbons (Fsp3) is 0.353. The van der Waals surface area contributed by atoms with Gasteiger partial charge >= 0.3 is 6.18 Å². The zero-order chi connectivity index (χ0) is 17.2. The number of nitrogen functional groups attached to an aromatic ring is 1. The van der Waals surface area contributed by atoms with Crippen molar-refractivity contribution in [2.75, 3.05) is 25.4 Å². The van der Waals surface area contributed by atoms with Crippen molar-refractivity contribution in [3.8, 4) is 0 Å². The van der Waals surface area contributed by atoms with Gasteiger partial charge in [0.2, 0.25) is 0 Å². The number of fused-ring (bicyclic) bond motifs is 1. The van der Waals surface area contributed by atoms with Crippen LogP contribution in [0.15, 0.2) is 30.3 Å². The van der Waals surface area contributed by atoms with Gasteiger partial charge in [0.15, 0.2) is 5.13 Å². The van der Waals surface area contributed by atoms with E-state index in [2.05, 4.69) is 9.88 Å². The van der Waals surface area contributed by atoms with E-state index in [1.165, 1.54) is 17.0 Å². The Morgan fingerprint density at radius 3 is 2.58 bits per heavy atom. The van der Waals surface area contributed by atoms with Crippen molar-refractivity contribution in [3.05, 3.63) is 52.0 Å². The zero-order valence-corrected chi connectivity index (χ0v) is 13.8. The van der Waals surface area contributed by atoms with Crippen LogP contribution in [0.4, 0.5) is 18.3 Å². The SMILES string of the molecule is Nc1nc2c(s1)CCN(CC=Cc1ccc(C(F)(F)F)cc1)CC2. The minimum atomic E-state index is -4.29. The predicted octanol–water partition coefficient (Wildman–Crippen LogP) is 3.86. The molecule has 1 aromatic carbocycles. The first-order valence-electron chi connectivity index (χ1n) is 7.72. The molecule has 2 heterocycles. The van der Waals surface area contributed by atoms with Gasteiger partial charge in [-0.15, -0.1) is 11.3 Å². The topological polar surface area (TPSA) is 42.1 Å². The highest BCUT2D eigenvalue weighted by atomic mass is 32.1. The lowest BCUT2D eigenvalue weighted by Crippen LogP contribution is -2.26. The van der Waals surface area contributed by atoms with E-state index in [0.29, 0.717) is 5.13 Å². The van der Waals surface area contributed by atoms with Gasteiger partial charge in [0.25, 0.3) is 0 Å². The lowest BCUT2D eigenvalue weighted by Gasteiger charge is -2.17. The average molecular weight is 353 g/mol. The van der Waals surface area contributed by atoms with Gasteiger partial charge in [0, 0.05) is 30.9 Å². The average Bonchev–Trinajstić information content (AvgIpc) is 2.79. The number of rotatable bonds is 3. The second-order valence-electron chi connectivity index (χ2n) is 5.74. The van der Waals surface area contributed by atoms with Gasteiger partial charge in [-0.2, -0.15) is 13.2 Å². The molecule has 24 heavy (non-hydrogen) atoms. The van der Waals surface area contributed by atoms with Gasteiger partial charge in [0.1, 0.15) is 0 Å². The summed E-state index contributed by atoms with van der Waals surface area (Å²) in [7, 11) is 0. The van der Waals surface area contributed by atoms with Crippen molar-refractivity contribution in [2.24, 2.45) is 0 Å². The number of nitrogens with zero attached hydrogens (tertiary/aromatic N) is 2. The third kappa shape index (κ3) is 4.15. The Kier molecular flexibility index (Phi) is 4.91. The summed E-state index contributed by atoms with van der Waals surface area (Å²) in [6.45, 7) is 2.62. The number of anilines is 1. The molecule has 7 heteroatoms. The van der Waals surface area contributed by atoms with E-state index in [1.54, 1.807) is 11.3 Å². The predicted molar refractivity (Wildman–Crippen MR) is 90.9 cm³/mol. The van der Waals surface area contributed by atoms with E-state index >= 15 is 0 Å². The first-order valence-corrected chi connectivity index (χ1v) is 8.53. The van der Waals surface area contributed by atoms with Crippen molar-refractivity contribution in [1.29, 1.82) is 0 Å². The number of hydrogen-bond acceptors (Lipinski definition) is 4. The summed E-state index contributed by atoms with van der Waals surface area (Å²) >= 11 is 1.56. The molecule has 0 atom stereocenters. The van der Waals surface area contributed by atoms with Crippen LogP contribution in [0.25, 0.3) is 6.08 Å². The first kappa shape index (κ1) is 17.0. The van der Waals surface area contributed by atoms with E-state index in [4.69, 9.17) is 5.73 Å². The fourth-order valence-corrected chi connectivity index (χ4v) is 3.60. The highest BCUT2D eigenvalue weighted by Gasteiger charge is 2.29. The zero-order valence-electron chi connectivity index (χ0n) is 13.0. The van der Waals surface area contributed by atoms with E-state index in [-0.39, 0.29) is 0 Å². The summed E-state index contributed by atoms with van der Waals surface area (Å²) in [4.78, 5) is 7.94. The highest BCUT2D eigenvalue weighted by Crippen LogP contribution is 2.29. The maximum absolute atomic E-state index is 12.5. The van der Waals surface area contributed by atoms with Gasteiger partial charge in [-0.05, 0) is 24.1 Å². The summed E-state index contributed by atoms with van der Waals surface area (Å²) in [6.07, 6.45) is 1.39. The molecule has 1 aliphatic heterocycles. The monoisotopic (exact) mass is 353 g/mol. The van der Waals surface area contributed by atoms with Crippen LogP contribution < -0.4 is 5.73 Å². The molecular weight excluding hydrogens is 335 g/mol. The van der Waals surface area contributed by atoms with Gasteiger partial charge in [-0.25, -0.2) is 4.98 Å². The van der Waals surface area contributed by atoms with Gasteiger partial charge in [-0.1, -0.05) is 24.3 Å². The molecule has 1 aromatic heterocycles. The Morgan fingerprint density at radius 1 is 1.17 bits per heavy atom. The van der Waals surface area contributed by atoms with Crippen LogP contribution in [0.1, 0.15) is 21.7 Å². The third-order valence-corrected chi connectivity index (χ3v) is 5.01. The second kappa shape index (κ2) is 6.94. The fourth-order valence-electron chi connectivity index (χ4n) is 2.73. The molecule has 0 fully saturated rings. The molecule has 0 bridgehead atoms. The lowest BCUT2D eigenvalue weighted by molar-refractivity contribution is -0.137. The second-order valence-corrected chi connectivity index (χ2v) is 6.86. The quantitative estimate of drug-likeness (QED) is 0.911. The first-order chi connectivity index (χ1) is 11.4. The van der Waals surface area contributed by atoms with Crippen LogP contribution in [-0.2, 0) is 19.0 Å². The Balaban J connectivity index is 1.54. The largest absolute Gasteiger partial charge is 0.416 e. The molecule has 1 aliphatic rings. The summed E-state index contributed by atoms with van der Waals surface area (Å²) in [5.41, 5.74) is 6.99. The minimum absolute atomic E-state index is 0.620. The summed E-state index contributed by atoms with van der Waals surface area (Å²) in [6, 6.07) is 5.21. The minimum Gasteiger partial charge on any atom is -0.375 e. The maximum atomic E-state index is 12.5. The van der Waals surface area contributed by atoms with Crippen LogP contribution in [-0.4, -0.2) is 29.5 Å². The number of hydrogen-bond donors (Lipinski definition) is 1. The van der Waals surface area contributed by atoms with Gasteiger partial charge < -0.3 is 5.73 Å². The molecule has 0 aliphatic carbocycles. The molecule has 128 valence electrons. The van der Waals surface area contributed by atoms with Crippen molar-refractivity contribution in [1.82, 2.24) is 9.88 Å². The number of thiazole rings is 1. The Bertz CT molecular complexity index is 694. The molecule has 0 saturated heterocycles. The molecule has 0 saturated carbocycles. The summed E-state index contributed by atoms with van der Waals surface area (Å²) in [5, 5.41) is 0.635. The number of aromatic nitrogens is 1. The Labute approximate surface area is 142 Å². The van der Waals surface area contributed by atoms with Crippen molar-refractivity contribution < 1.29 is 13.2 Å². The molecule has 2 N–H and O–H groups in total.